The SMILES string of the molecule is Cc1cccnc1NC(C)c1occc1Br. The van der Waals surface area contributed by atoms with E-state index in [4.69, 9.17) is 4.42 Å². The topological polar surface area (TPSA) is 38.1 Å². The maximum atomic E-state index is 5.40. The summed E-state index contributed by atoms with van der Waals surface area (Å²) in [4.78, 5) is 4.29. The van der Waals surface area contributed by atoms with Crippen molar-refractivity contribution in [1.82, 2.24) is 4.98 Å². The van der Waals surface area contributed by atoms with Gasteiger partial charge in [0.05, 0.1) is 16.8 Å². The first-order valence-corrected chi connectivity index (χ1v) is 5.89. The lowest BCUT2D eigenvalue weighted by Crippen LogP contribution is -2.08. The second kappa shape index (κ2) is 4.70. The van der Waals surface area contributed by atoms with Crippen LogP contribution in [-0.4, -0.2) is 4.98 Å². The third kappa shape index (κ3) is 2.27. The summed E-state index contributed by atoms with van der Waals surface area (Å²) < 4.78 is 6.37. The molecule has 2 heterocycles. The van der Waals surface area contributed by atoms with Gasteiger partial charge in [-0.05, 0) is 47.5 Å². The molecule has 16 heavy (non-hydrogen) atoms. The molecule has 3 nitrogen and oxygen atoms in total. The number of hydrogen-bond acceptors (Lipinski definition) is 3. The Morgan fingerprint density at radius 3 is 2.88 bits per heavy atom. The van der Waals surface area contributed by atoms with E-state index >= 15 is 0 Å². The van der Waals surface area contributed by atoms with Gasteiger partial charge in [-0.25, -0.2) is 4.98 Å². The summed E-state index contributed by atoms with van der Waals surface area (Å²) in [5.74, 6) is 1.77. The Labute approximate surface area is 103 Å². The fourth-order valence-corrected chi connectivity index (χ4v) is 2.07. The van der Waals surface area contributed by atoms with E-state index < -0.39 is 0 Å². The van der Waals surface area contributed by atoms with Crippen LogP contribution in [0.5, 0.6) is 0 Å². The van der Waals surface area contributed by atoms with E-state index in [1.54, 1.807) is 12.5 Å². The molecule has 2 aromatic heterocycles. The molecule has 0 saturated carbocycles. The smallest absolute Gasteiger partial charge is 0.139 e. The zero-order valence-electron chi connectivity index (χ0n) is 9.20. The van der Waals surface area contributed by atoms with Crippen LogP contribution in [0.4, 0.5) is 5.82 Å². The fourth-order valence-electron chi connectivity index (χ4n) is 1.52. The molecule has 4 heteroatoms. The van der Waals surface area contributed by atoms with E-state index in [-0.39, 0.29) is 6.04 Å². The van der Waals surface area contributed by atoms with Crippen LogP contribution in [0.15, 0.2) is 39.5 Å². The van der Waals surface area contributed by atoms with E-state index in [1.165, 1.54) is 0 Å². The van der Waals surface area contributed by atoms with Crippen LogP contribution in [0, 0.1) is 6.92 Å². The molecular weight excluding hydrogens is 268 g/mol. The first-order chi connectivity index (χ1) is 7.68. The molecule has 84 valence electrons. The van der Waals surface area contributed by atoms with Gasteiger partial charge in [-0.2, -0.15) is 0 Å². The Kier molecular flexibility index (Phi) is 3.29. The molecule has 0 aliphatic rings. The summed E-state index contributed by atoms with van der Waals surface area (Å²) in [6, 6.07) is 5.92. The summed E-state index contributed by atoms with van der Waals surface area (Å²) in [5.41, 5.74) is 1.12. The molecule has 0 bridgehead atoms. The maximum Gasteiger partial charge on any atom is 0.139 e. The molecule has 0 aliphatic heterocycles. The molecule has 2 aromatic rings. The molecule has 0 aromatic carbocycles. The van der Waals surface area contributed by atoms with Crippen molar-refractivity contribution in [2.45, 2.75) is 19.9 Å². The number of anilines is 1. The molecule has 1 N–H and O–H groups in total. The summed E-state index contributed by atoms with van der Waals surface area (Å²) in [5, 5.41) is 3.32. The first kappa shape index (κ1) is 11.2. The van der Waals surface area contributed by atoms with Crippen molar-refractivity contribution < 1.29 is 4.42 Å². The number of nitrogens with zero attached hydrogens (tertiary/aromatic N) is 1. The summed E-state index contributed by atoms with van der Waals surface area (Å²) in [6.07, 6.45) is 3.45. The van der Waals surface area contributed by atoms with Crippen molar-refractivity contribution in [3.05, 3.63) is 46.5 Å². The highest BCUT2D eigenvalue weighted by Crippen LogP contribution is 2.27. The highest BCUT2D eigenvalue weighted by molar-refractivity contribution is 9.10. The average molecular weight is 281 g/mol. The van der Waals surface area contributed by atoms with Crippen molar-refractivity contribution >= 4 is 21.7 Å². The number of aromatic nitrogens is 1. The molecular formula is C12H13BrN2O. The van der Waals surface area contributed by atoms with Crippen LogP contribution < -0.4 is 5.32 Å². The fraction of sp³-hybridized carbons (Fsp3) is 0.250. The number of nitrogens with one attached hydrogen (secondary N) is 1. The van der Waals surface area contributed by atoms with Crippen molar-refractivity contribution in [2.24, 2.45) is 0 Å². The van der Waals surface area contributed by atoms with Crippen LogP contribution in [0.25, 0.3) is 0 Å². The van der Waals surface area contributed by atoms with Gasteiger partial charge in [0.25, 0.3) is 0 Å². The predicted octanol–water partition coefficient (Wildman–Crippen LogP) is 3.92. The number of aryl methyl sites for hydroxylation is 1. The van der Waals surface area contributed by atoms with E-state index in [0.717, 1.165) is 21.6 Å². The van der Waals surface area contributed by atoms with Gasteiger partial charge in [-0.15, -0.1) is 0 Å². The minimum Gasteiger partial charge on any atom is -0.466 e. The van der Waals surface area contributed by atoms with E-state index in [2.05, 4.69) is 26.2 Å². The summed E-state index contributed by atoms with van der Waals surface area (Å²) in [6.45, 7) is 4.07. The first-order valence-electron chi connectivity index (χ1n) is 5.09. The van der Waals surface area contributed by atoms with E-state index in [1.807, 2.05) is 32.0 Å². The molecule has 1 unspecified atom stereocenters. The lowest BCUT2D eigenvalue weighted by atomic mass is 10.2. The van der Waals surface area contributed by atoms with Crippen LogP contribution in [0.1, 0.15) is 24.3 Å². The standard InChI is InChI=1S/C12H13BrN2O/c1-8-4-3-6-14-12(8)15-9(2)11-10(13)5-7-16-11/h3-7,9H,1-2H3,(H,14,15). The van der Waals surface area contributed by atoms with Gasteiger partial charge in [0.15, 0.2) is 0 Å². The Bertz CT molecular complexity index is 481. The van der Waals surface area contributed by atoms with Gasteiger partial charge in [-0.1, -0.05) is 6.07 Å². The maximum absolute atomic E-state index is 5.40. The Morgan fingerprint density at radius 2 is 2.25 bits per heavy atom. The Balaban J connectivity index is 2.17. The lowest BCUT2D eigenvalue weighted by Gasteiger charge is -2.14. The number of pyridine rings is 1. The molecule has 0 aliphatic carbocycles. The van der Waals surface area contributed by atoms with Crippen molar-refractivity contribution in [1.29, 1.82) is 0 Å². The van der Waals surface area contributed by atoms with Gasteiger partial charge in [0, 0.05) is 6.20 Å². The van der Waals surface area contributed by atoms with Crippen LogP contribution in [0.2, 0.25) is 0 Å². The van der Waals surface area contributed by atoms with Crippen molar-refractivity contribution in [3.63, 3.8) is 0 Å². The minimum absolute atomic E-state index is 0.0815. The highest BCUT2D eigenvalue weighted by atomic mass is 79.9. The molecule has 0 radical (unpaired) electrons. The molecule has 0 fully saturated rings. The van der Waals surface area contributed by atoms with Crippen molar-refractivity contribution in [2.75, 3.05) is 5.32 Å². The Morgan fingerprint density at radius 1 is 1.44 bits per heavy atom. The van der Waals surface area contributed by atoms with Gasteiger partial charge in [-0.3, -0.25) is 0 Å². The monoisotopic (exact) mass is 280 g/mol. The highest BCUT2D eigenvalue weighted by Gasteiger charge is 2.13. The van der Waals surface area contributed by atoms with Crippen molar-refractivity contribution in [3.8, 4) is 0 Å². The van der Waals surface area contributed by atoms with E-state index in [0.29, 0.717) is 0 Å². The third-order valence-electron chi connectivity index (χ3n) is 2.40. The number of hydrogen-bond donors (Lipinski definition) is 1. The normalized spacial score (nSPS) is 12.4. The quantitative estimate of drug-likeness (QED) is 0.926. The zero-order chi connectivity index (χ0) is 11.5. The van der Waals surface area contributed by atoms with Gasteiger partial charge in [0.2, 0.25) is 0 Å². The number of furan rings is 1. The molecule has 0 saturated heterocycles. The van der Waals surface area contributed by atoms with E-state index in [9.17, 15) is 0 Å². The second-order valence-corrected chi connectivity index (χ2v) is 4.52. The second-order valence-electron chi connectivity index (χ2n) is 3.67. The van der Waals surface area contributed by atoms with Crippen LogP contribution >= 0.6 is 15.9 Å². The number of rotatable bonds is 3. The molecule has 0 spiro atoms. The molecule has 0 amide bonds. The van der Waals surface area contributed by atoms with Gasteiger partial charge in [0.1, 0.15) is 11.6 Å². The van der Waals surface area contributed by atoms with Gasteiger partial charge >= 0.3 is 0 Å². The molecule has 2 rings (SSSR count). The average Bonchev–Trinajstić information content (AvgIpc) is 2.68. The summed E-state index contributed by atoms with van der Waals surface area (Å²) in [7, 11) is 0. The summed E-state index contributed by atoms with van der Waals surface area (Å²) >= 11 is 3.44. The van der Waals surface area contributed by atoms with Crippen LogP contribution in [0.3, 0.4) is 0 Å². The Hall–Kier alpha value is -1.29. The third-order valence-corrected chi connectivity index (χ3v) is 3.06. The minimum atomic E-state index is 0.0815. The lowest BCUT2D eigenvalue weighted by molar-refractivity contribution is 0.487. The molecule has 1 atom stereocenters. The zero-order valence-corrected chi connectivity index (χ0v) is 10.8. The van der Waals surface area contributed by atoms with Gasteiger partial charge < -0.3 is 9.73 Å². The van der Waals surface area contributed by atoms with Crippen LogP contribution in [-0.2, 0) is 0 Å². The number of halogens is 1. The largest absolute Gasteiger partial charge is 0.466 e. The predicted molar refractivity (Wildman–Crippen MR) is 67.4 cm³/mol.